The molecule has 4 rings (SSSR count). The number of nitrogens with zero attached hydrogens (tertiary/aromatic N) is 2. The van der Waals surface area contributed by atoms with Crippen LogP contribution in [0.15, 0.2) is 54.1 Å². The molecule has 2 aliphatic heterocycles. The summed E-state index contributed by atoms with van der Waals surface area (Å²) in [6.45, 7) is 8.01. The van der Waals surface area contributed by atoms with Gasteiger partial charge >= 0.3 is 0 Å². The molecule has 196 valence electrons. The van der Waals surface area contributed by atoms with Gasteiger partial charge in [0.2, 0.25) is 5.78 Å². The summed E-state index contributed by atoms with van der Waals surface area (Å²) >= 11 is 0. The number of ketones is 1. The normalized spacial score (nSPS) is 20.0. The van der Waals surface area contributed by atoms with E-state index >= 15 is 0 Å². The molecule has 2 saturated heterocycles. The summed E-state index contributed by atoms with van der Waals surface area (Å²) in [7, 11) is 0. The minimum atomic E-state index is -0.917. The van der Waals surface area contributed by atoms with Crippen molar-refractivity contribution in [3.63, 3.8) is 0 Å². The molecule has 0 aliphatic carbocycles. The zero-order valence-electron chi connectivity index (χ0n) is 21.0. The zero-order chi connectivity index (χ0) is 26.5. The maximum Gasteiger partial charge on any atom is 0.295 e. The van der Waals surface area contributed by atoms with Crippen LogP contribution in [0.25, 0.3) is 5.76 Å². The maximum atomic E-state index is 13.6. The molecule has 37 heavy (non-hydrogen) atoms. The van der Waals surface area contributed by atoms with Crippen molar-refractivity contribution in [2.75, 3.05) is 39.4 Å². The van der Waals surface area contributed by atoms with Crippen molar-refractivity contribution in [2.45, 2.75) is 32.4 Å². The number of carbonyl (C=O) groups excluding carboxylic acids is 2. The molecule has 2 aromatic rings. The summed E-state index contributed by atoms with van der Waals surface area (Å²) in [6, 6.07) is 11.2. The van der Waals surface area contributed by atoms with Gasteiger partial charge in [-0.15, -0.1) is 0 Å². The highest BCUT2D eigenvalue weighted by Gasteiger charge is 2.44. The summed E-state index contributed by atoms with van der Waals surface area (Å²) in [5.41, 5.74) is 0.482. The lowest BCUT2D eigenvalue weighted by Crippen LogP contribution is -3.14. The Morgan fingerprint density at radius 2 is 1.76 bits per heavy atom. The quantitative estimate of drug-likeness (QED) is 0.175. The van der Waals surface area contributed by atoms with Crippen LogP contribution in [-0.2, 0) is 14.3 Å². The van der Waals surface area contributed by atoms with Crippen molar-refractivity contribution < 1.29 is 34.0 Å². The first-order valence-electron chi connectivity index (χ1n) is 12.5. The second-order valence-electron chi connectivity index (χ2n) is 9.48. The van der Waals surface area contributed by atoms with Crippen LogP contribution in [0, 0.1) is 10.1 Å². The van der Waals surface area contributed by atoms with E-state index in [4.69, 9.17) is 9.47 Å². The number of nitro benzene ring substituents is 1. The summed E-state index contributed by atoms with van der Waals surface area (Å²) < 4.78 is 11.0. The molecule has 10 nitrogen and oxygen atoms in total. The van der Waals surface area contributed by atoms with Crippen molar-refractivity contribution in [3.8, 4) is 5.75 Å². The highest BCUT2D eigenvalue weighted by molar-refractivity contribution is 6.46. The van der Waals surface area contributed by atoms with Gasteiger partial charge in [0.05, 0.1) is 36.8 Å². The van der Waals surface area contributed by atoms with Gasteiger partial charge in [-0.3, -0.25) is 19.7 Å². The number of carbonyl (C=O) groups is 2. The third-order valence-electron chi connectivity index (χ3n) is 6.57. The van der Waals surface area contributed by atoms with E-state index in [-0.39, 0.29) is 29.5 Å². The standard InChI is InChI=1S/C27H31N3O7/c1-18(2)37-22-10-6-20(7-11-22)25(31)23-24(19-4-8-21(9-5-19)30(34)35)29(27(33)26(23)32)13-3-12-28-14-16-36-17-15-28/h4-11,18,24,31H,3,12-17H2,1-2H3. The van der Waals surface area contributed by atoms with Gasteiger partial charge in [0.25, 0.3) is 11.6 Å². The van der Waals surface area contributed by atoms with E-state index < -0.39 is 28.4 Å². The van der Waals surface area contributed by atoms with Crippen LogP contribution in [0.5, 0.6) is 5.75 Å². The van der Waals surface area contributed by atoms with E-state index in [1.165, 1.54) is 34.1 Å². The number of non-ortho nitro benzene ring substituents is 1. The molecule has 0 radical (unpaired) electrons. The first-order valence-corrected chi connectivity index (χ1v) is 12.5. The third kappa shape index (κ3) is 5.98. The van der Waals surface area contributed by atoms with Crippen LogP contribution in [0.3, 0.4) is 0 Å². The van der Waals surface area contributed by atoms with Gasteiger partial charge in [-0.2, -0.15) is 0 Å². The molecular weight excluding hydrogens is 478 g/mol. The number of nitrogens with one attached hydrogen (secondary N) is 1. The van der Waals surface area contributed by atoms with E-state index in [0.29, 0.717) is 30.9 Å². The van der Waals surface area contributed by atoms with Gasteiger partial charge in [-0.25, -0.2) is 0 Å². The zero-order valence-corrected chi connectivity index (χ0v) is 21.0. The van der Waals surface area contributed by atoms with Crippen LogP contribution < -0.4 is 14.7 Å². The molecule has 2 heterocycles. The molecule has 1 amide bonds. The molecule has 1 unspecified atom stereocenters. The number of amides is 1. The Kier molecular flexibility index (Phi) is 8.20. The smallest absolute Gasteiger partial charge is 0.295 e. The molecular formula is C27H31N3O7. The fourth-order valence-corrected chi connectivity index (χ4v) is 4.75. The van der Waals surface area contributed by atoms with Gasteiger partial charge in [-0.05, 0) is 49.2 Å². The lowest BCUT2D eigenvalue weighted by molar-refractivity contribution is -0.908. The highest BCUT2D eigenvalue weighted by atomic mass is 16.6. The molecule has 1 atom stereocenters. The third-order valence-corrected chi connectivity index (χ3v) is 6.57. The lowest BCUT2D eigenvalue weighted by Gasteiger charge is -2.29. The Bertz CT molecular complexity index is 1170. The van der Waals surface area contributed by atoms with E-state index in [2.05, 4.69) is 0 Å². The Morgan fingerprint density at radius 1 is 1.11 bits per heavy atom. The fraction of sp³-hybridized carbons (Fsp3) is 0.407. The Balaban J connectivity index is 1.66. The van der Waals surface area contributed by atoms with E-state index in [9.17, 15) is 24.8 Å². The largest absolute Gasteiger partial charge is 0.872 e. The number of ether oxygens (including phenoxy) is 2. The summed E-state index contributed by atoms with van der Waals surface area (Å²) in [5, 5.41) is 24.7. The van der Waals surface area contributed by atoms with Gasteiger partial charge < -0.3 is 24.4 Å². The molecule has 0 saturated carbocycles. The van der Waals surface area contributed by atoms with Gasteiger partial charge in [0.15, 0.2) is 0 Å². The number of nitro groups is 1. The number of quaternary nitrogens is 1. The average Bonchev–Trinajstić information content (AvgIpc) is 3.14. The number of likely N-dealkylation sites (tertiary alicyclic amines) is 1. The van der Waals surface area contributed by atoms with Crippen molar-refractivity contribution in [1.29, 1.82) is 0 Å². The van der Waals surface area contributed by atoms with Crippen LogP contribution in [0.4, 0.5) is 5.69 Å². The molecule has 2 aromatic carbocycles. The minimum absolute atomic E-state index is 0.0377. The predicted molar refractivity (Wildman–Crippen MR) is 133 cm³/mol. The first-order chi connectivity index (χ1) is 17.8. The molecule has 0 spiro atoms. The Morgan fingerprint density at radius 3 is 2.35 bits per heavy atom. The van der Waals surface area contributed by atoms with Gasteiger partial charge in [-0.1, -0.05) is 17.9 Å². The van der Waals surface area contributed by atoms with Crippen molar-refractivity contribution in [1.82, 2.24) is 4.90 Å². The van der Waals surface area contributed by atoms with E-state index in [1.54, 1.807) is 24.3 Å². The summed E-state index contributed by atoms with van der Waals surface area (Å²) in [5.74, 6) is -1.53. The molecule has 2 fully saturated rings. The first kappa shape index (κ1) is 26.3. The summed E-state index contributed by atoms with van der Waals surface area (Å²) in [6.07, 6.45) is 0.602. The van der Waals surface area contributed by atoms with Gasteiger partial charge in [0.1, 0.15) is 18.8 Å². The minimum Gasteiger partial charge on any atom is -0.872 e. The summed E-state index contributed by atoms with van der Waals surface area (Å²) in [4.78, 5) is 39.7. The van der Waals surface area contributed by atoms with Crippen molar-refractivity contribution >= 4 is 23.1 Å². The van der Waals surface area contributed by atoms with Crippen molar-refractivity contribution in [2.24, 2.45) is 0 Å². The highest BCUT2D eigenvalue weighted by Crippen LogP contribution is 2.39. The second-order valence-corrected chi connectivity index (χ2v) is 9.48. The molecule has 0 bridgehead atoms. The van der Waals surface area contributed by atoms with Crippen molar-refractivity contribution in [3.05, 3.63) is 75.3 Å². The molecule has 0 aromatic heterocycles. The number of benzene rings is 2. The maximum absolute atomic E-state index is 13.6. The predicted octanol–water partition coefficient (Wildman–Crippen LogP) is 0.911. The monoisotopic (exact) mass is 509 g/mol. The number of morpholine rings is 1. The number of rotatable bonds is 9. The van der Waals surface area contributed by atoms with Crippen LogP contribution >= 0.6 is 0 Å². The number of Topliss-reactive ketones (excluding diaryl/α,β-unsaturated/α-hetero) is 1. The van der Waals surface area contributed by atoms with E-state index in [1.807, 2.05) is 13.8 Å². The SMILES string of the molecule is CC(C)Oc1ccc(C([O-])=C2C(=O)C(=O)N(CCC[NH+]3CCOCC3)C2c2ccc([N+](=O)[O-])cc2)cc1. The van der Waals surface area contributed by atoms with Crippen LogP contribution in [-0.4, -0.2) is 67.0 Å². The Labute approximate surface area is 215 Å². The molecule has 10 heteroatoms. The van der Waals surface area contributed by atoms with Gasteiger partial charge in [0, 0.05) is 30.7 Å². The number of hydrogen-bond acceptors (Lipinski definition) is 7. The van der Waals surface area contributed by atoms with E-state index in [0.717, 1.165) is 19.6 Å². The topological polar surface area (TPSA) is 126 Å². The van der Waals surface area contributed by atoms with Crippen LogP contribution in [0.1, 0.15) is 37.4 Å². The average molecular weight is 510 g/mol. The second kappa shape index (κ2) is 11.5. The molecule has 1 N–H and O–H groups in total. The van der Waals surface area contributed by atoms with Crippen LogP contribution in [0.2, 0.25) is 0 Å². The number of hydrogen-bond donors (Lipinski definition) is 1. The molecule has 2 aliphatic rings. The Hall–Kier alpha value is -3.76. The fourth-order valence-electron chi connectivity index (χ4n) is 4.75. The lowest BCUT2D eigenvalue weighted by atomic mass is 9.95.